The number of hydrogen-bond acceptors (Lipinski definition) is 7. The molecule has 3 heterocycles. The van der Waals surface area contributed by atoms with Gasteiger partial charge in [0.25, 0.3) is 5.91 Å². The Morgan fingerprint density at radius 3 is 2.65 bits per heavy atom. The molecule has 5 rings (SSSR count). The van der Waals surface area contributed by atoms with E-state index in [0.29, 0.717) is 47.7 Å². The van der Waals surface area contributed by atoms with Gasteiger partial charge >= 0.3 is 6.03 Å². The molecule has 0 aliphatic carbocycles. The minimum absolute atomic E-state index is 0.0825. The maximum Gasteiger partial charge on any atom is 0.325 e. The van der Waals surface area contributed by atoms with Gasteiger partial charge in [-0.2, -0.15) is 0 Å². The van der Waals surface area contributed by atoms with Crippen LogP contribution in [0.4, 0.5) is 10.5 Å². The average molecular weight is 486 g/mol. The first-order chi connectivity index (χ1) is 16.1. The molecule has 1 saturated heterocycles. The van der Waals surface area contributed by atoms with Gasteiger partial charge in [-0.15, -0.1) is 0 Å². The summed E-state index contributed by atoms with van der Waals surface area (Å²) in [5.41, 5.74) is 0.760. The molecular formula is C23H23N3O7S. The molecule has 178 valence electrons. The zero-order chi connectivity index (χ0) is 24.3. The van der Waals surface area contributed by atoms with Crippen molar-refractivity contribution in [3.05, 3.63) is 53.1 Å². The van der Waals surface area contributed by atoms with E-state index in [1.807, 2.05) is 0 Å². The van der Waals surface area contributed by atoms with Crippen molar-refractivity contribution in [2.45, 2.75) is 25.3 Å². The van der Waals surface area contributed by atoms with Crippen LogP contribution in [-0.2, 0) is 26.8 Å². The lowest BCUT2D eigenvalue weighted by molar-refractivity contribution is -0.130. The van der Waals surface area contributed by atoms with Gasteiger partial charge in [0, 0.05) is 12.1 Å². The number of ketones is 1. The fraction of sp³-hybridized carbons (Fsp3) is 0.348. The van der Waals surface area contributed by atoms with Crippen LogP contribution in [0, 0.1) is 0 Å². The number of urea groups is 1. The lowest BCUT2D eigenvalue weighted by Gasteiger charge is -2.29. The van der Waals surface area contributed by atoms with Crippen molar-refractivity contribution in [3.63, 3.8) is 0 Å². The van der Waals surface area contributed by atoms with Gasteiger partial charge in [-0.25, -0.2) is 13.2 Å². The van der Waals surface area contributed by atoms with Crippen LogP contribution in [0.2, 0.25) is 0 Å². The number of fused-ring (bicyclic) bond motifs is 2. The molecule has 0 saturated carbocycles. The number of hydrogen-bond donors (Lipinski definition) is 1. The second kappa shape index (κ2) is 7.73. The Kier molecular flexibility index (Phi) is 5.05. The van der Waals surface area contributed by atoms with Gasteiger partial charge in [0.2, 0.25) is 16.8 Å². The van der Waals surface area contributed by atoms with E-state index in [1.54, 1.807) is 37.3 Å². The molecule has 1 fully saturated rings. The van der Waals surface area contributed by atoms with Crippen LogP contribution in [0.15, 0.2) is 36.4 Å². The van der Waals surface area contributed by atoms with Gasteiger partial charge in [-0.3, -0.25) is 18.8 Å². The van der Waals surface area contributed by atoms with E-state index >= 15 is 0 Å². The Morgan fingerprint density at radius 1 is 1.12 bits per heavy atom. The summed E-state index contributed by atoms with van der Waals surface area (Å²) < 4.78 is 36.1. The fourth-order valence-electron chi connectivity index (χ4n) is 4.56. The number of imide groups is 1. The van der Waals surface area contributed by atoms with E-state index in [2.05, 4.69) is 5.32 Å². The molecule has 3 amide bonds. The molecule has 0 aromatic heterocycles. The number of carbonyl (C=O) groups excluding carboxylic acids is 3. The van der Waals surface area contributed by atoms with Crippen molar-refractivity contribution in [2.75, 3.05) is 30.4 Å². The summed E-state index contributed by atoms with van der Waals surface area (Å²) in [7, 11) is -3.42. The second-order valence-electron chi connectivity index (χ2n) is 8.72. The molecule has 2 aromatic carbocycles. The summed E-state index contributed by atoms with van der Waals surface area (Å²) in [5, 5.41) is 2.68. The zero-order valence-corrected chi connectivity index (χ0v) is 19.5. The number of nitrogens with zero attached hydrogens (tertiary/aromatic N) is 2. The predicted molar refractivity (Wildman–Crippen MR) is 121 cm³/mol. The first-order valence-corrected chi connectivity index (χ1v) is 12.6. The topological polar surface area (TPSA) is 122 Å². The van der Waals surface area contributed by atoms with Crippen LogP contribution in [0.5, 0.6) is 11.5 Å². The van der Waals surface area contributed by atoms with E-state index in [1.165, 1.54) is 10.4 Å². The monoisotopic (exact) mass is 485 g/mol. The summed E-state index contributed by atoms with van der Waals surface area (Å²) in [5.74, 6) is 0.0640. The van der Waals surface area contributed by atoms with Crippen LogP contribution >= 0.6 is 0 Å². The SMILES string of the molecule is CC1(c2ccc3c(c2)OCO3)NC(=O)N(CC(=O)c2ccc3c(c2)CCCN3S(C)(=O)=O)C1=O. The number of Topliss-reactive ketones (excluding diaryl/α,β-unsaturated/α-hetero) is 1. The van der Waals surface area contributed by atoms with E-state index < -0.39 is 39.8 Å². The van der Waals surface area contributed by atoms with Crippen LogP contribution in [-0.4, -0.2) is 57.2 Å². The highest BCUT2D eigenvalue weighted by molar-refractivity contribution is 7.92. The van der Waals surface area contributed by atoms with Gasteiger partial charge < -0.3 is 14.8 Å². The minimum atomic E-state index is -3.42. The normalized spacial score (nSPS) is 21.5. The number of aryl methyl sites for hydroxylation is 1. The molecular weight excluding hydrogens is 462 g/mol. The van der Waals surface area contributed by atoms with Crippen LogP contribution in [0.25, 0.3) is 0 Å². The average Bonchev–Trinajstić information content (AvgIpc) is 3.35. The molecule has 3 aliphatic heterocycles. The molecule has 0 bridgehead atoms. The molecule has 1 N–H and O–H groups in total. The standard InChI is InChI=1S/C23H23N3O7S/c1-23(16-6-8-19-20(11-16)33-13-32-19)21(28)25(22(29)24-23)12-18(27)15-5-7-17-14(10-15)4-3-9-26(17)34(2,30)31/h5-8,10-11H,3-4,9,12-13H2,1-2H3,(H,24,29). The third kappa shape index (κ3) is 3.56. The third-order valence-electron chi connectivity index (χ3n) is 6.40. The van der Waals surface area contributed by atoms with Gasteiger partial charge in [0.05, 0.1) is 18.5 Å². The van der Waals surface area contributed by atoms with E-state index in [9.17, 15) is 22.8 Å². The van der Waals surface area contributed by atoms with E-state index in [-0.39, 0.29) is 6.79 Å². The number of carbonyl (C=O) groups is 3. The number of benzene rings is 2. The van der Waals surface area contributed by atoms with Crippen LogP contribution in [0.1, 0.15) is 34.8 Å². The zero-order valence-electron chi connectivity index (χ0n) is 18.7. The molecule has 11 heteroatoms. The molecule has 1 atom stereocenters. The predicted octanol–water partition coefficient (Wildman–Crippen LogP) is 1.78. The number of nitrogens with one attached hydrogen (secondary N) is 1. The maximum atomic E-state index is 13.2. The van der Waals surface area contributed by atoms with Gasteiger partial charge in [0.15, 0.2) is 17.3 Å². The molecule has 3 aliphatic rings. The van der Waals surface area contributed by atoms with Crippen molar-refractivity contribution >= 4 is 33.4 Å². The molecule has 0 spiro atoms. The molecule has 10 nitrogen and oxygen atoms in total. The summed E-state index contributed by atoms with van der Waals surface area (Å²) in [6.07, 6.45) is 2.42. The Balaban J connectivity index is 1.37. The Morgan fingerprint density at radius 2 is 1.88 bits per heavy atom. The quantitative estimate of drug-likeness (QED) is 0.506. The Hall–Kier alpha value is -3.60. The number of rotatable bonds is 5. The van der Waals surface area contributed by atoms with Gasteiger partial charge in [-0.1, -0.05) is 6.07 Å². The smallest absolute Gasteiger partial charge is 0.325 e. The van der Waals surface area contributed by atoms with E-state index in [4.69, 9.17) is 9.47 Å². The van der Waals surface area contributed by atoms with Crippen molar-refractivity contribution in [1.82, 2.24) is 10.2 Å². The summed E-state index contributed by atoms with van der Waals surface area (Å²) in [4.78, 5) is 39.8. The molecule has 34 heavy (non-hydrogen) atoms. The van der Waals surface area contributed by atoms with Gasteiger partial charge in [-0.05, 0) is 61.2 Å². The van der Waals surface area contributed by atoms with E-state index in [0.717, 1.165) is 16.7 Å². The van der Waals surface area contributed by atoms with Crippen LogP contribution in [0.3, 0.4) is 0 Å². The van der Waals surface area contributed by atoms with Crippen molar-refractivity contribution in [2.24, 2.45) is 0 Å². The number of ether oxygens (including phenoxy) is 2. The Labute approximate surface area is 196 Å². The summed E-state index contributed by atoms with van der Waals surface area (Å²) in [6, 6.07) is 9.09. The Bertz CT molecular complexity index is 1340. The highest BCUT2D eigenvalue weighted by Crippen LogP contribution is 2.38. The third-order valence-corrected chi connectivity index (χ3v) is 7.58. The fourth-order valence-corrected chi connectivity index (χ4v) is 5.56. The molecule has 0 radical (unpaired) electrons. The largest absolute Gasteiger partial charge is 0.454 e. The van der Waals surface area contributed by atoms with Crippen LogP contribution < -0.4 is 19.1 Å². The lowest BCUT2D eigenvalue weighted by Crippen LogP contribution is -2.41. The highest BCUT2D eigenvalue weighted by atomic mass is 32.2. The highest BCUT2D eigenvalue weighted by Gasteiger charge is 2.50. The van der Waals surface area contributed by atoms with Crippen molar-refractivity contribution < 1.29 is 32.3 Å². The number of amides is 3. The summed E-state index contributed by atoms with van der Waals surface area (Å²) in [6.45, 7) is 1.62. The lowest BCUT2D eigenvalue weighted by atomic mass is 9.91. The minimum Gasteiger partial charge on any atom is -0.454 e. The number of sulfonamides is 1. The first kappa shape index (κ1) is 22.2. The summed E-state index contributed by atoms with van der Waals surface area (Å²) >= 11 is 0. The second-order valence-corrected chi connectivity index (χ2v) is 10.6. The van der Waals surface area contributed by atoms with Crippen molar-refractivity contribution in [3.8, 4) is 11.5 Å². The number of anilines is 1. The van der Waals surface area contributed by atoms with Crippen molar-refractivity contribution in [1.29, 1.82) is 0 Å². The first-order valence-electron chi connectivity index (χ1n) is 10.8. The molecule has 2 aromatic rings. The maximum absolute atomic E-state index is 13.2. The van der Waals surface area contributed by atoms with Gasteiger partial charge in [0.1, 0.15) is 5.54 Å². The molecule has 1 unspecified atom stereocenters.